The van der Waals surface area contributed by atoms with E-state index < -0.39 is 0 Å². The second kappa shape index (κ2) is 3.81. The largest absolute Gasteiger partial charge is 0.398 e. The molecule has 1 aliphatic carbocycles. The van der Waals surface area contributed by atoms with Crippen molar-refractivity contribution in [3.8, 4) is 0 Å². The lowest BCUT2D eigenvalue weighted by Crippen LogP contribution is -2.07. The summed E-state index contributed by atoms with van der Waals surface area (Å²) in [7, 11) is 0. The van der Waals surface area contributed by atoms with Crippen LogP contribution in [-0.4, -0.2) is 10.8 Å². The quantitative estimate of drug-likeness (QED) is 0.865. The van der Waals surface area contributed by atoms with Gasteiger partial charge in [0.15, 0.2) is 5.78 Å². The Morgan fingerprint density at radius 2 is 2.18 bits per heavy atom. The zero-order chi connectivity index (χ0) is 12.0. The van der Waals surface area contributed by atoms with Crippen LogP contribution in [0.25, 0.3) is 10.9 Å². The maximum absolute atomic E-state index is 12.0. The number of halogens is 1. The van der Waals surface area contributed by atoms with Crippen LogP contribution >= 0.6 is 15.9 Å². The standard InChI is InChI=1S/C13H11BrN2O/c14-8-3-4-11-9(5-8)12(15)10(6-16-11)13(17)7-1-2-7/h3-7H,1-2H2,(H2,15,16). The zero-order valence-corrected chi connectivity index (χ0v) is 10.7. The normalized spacial score (nSPS) is 15.1. The molecular formula is C13H11BrN2O. The fourth-order valence-corrected chi connectivity index (χ4v) is 2.31. The Morgan fingerprint density at radius 1 is 1.41 bits per heavy atom. The number of Topliss-reactive ketones (excluding diaryl/α,β-unsaturated/α-hetero) is 1. The van der Waals surface area contributed by atoms with Crippen LogP contribution in [0.5, 0.6) is 0 Å². The number of carbonyl (C=O) groups excluding carboxylic acids is 1. The first kappa shape index (κ1) is 10.7. The third kappa shape index (κ3) is 1.82. The smallest absolute Gasteiger partial charge is 0.169 e. The van der Waals surface area contributed by atoms with Crippen molar-refractivity contribution in [2.75, 3.05) is 5.73 Å². The van der Waals surface area contributed by atoms with Gasteiger partial charge >= 0.3 is 0 Å². The molecule has 1 heterocycles. The molecule has 0 bridgehead atoms. The molecule has 1 aromatic carbocycles. The van der Waals surface area contributed by atoms with Gasteiger partial charge in [0.05, 0.1) is 16.8 Å². The van der Waals surface area contributed by atoms with E-state index in [9.17, 15) is 4.79 Å². The van der Waals surface area contributed by atoms with Crippen LogP contribution in [0.2, 0.25) is 0 Å². The van der Waals surface area contributed by atoms with Crippen molar-refractivity contribution in [3.05, 3.63) is 34.4 Å². The molecule has 1 aliphatic rings. The van der Waals surface area contributed by atoms with E-state index >= 15 is 0 Å². The van der Waals surface area contributed by atoms with Crippen molar-refractivity contribution in [1.82, 2.24) is 4.98 Å². The Balaban J connectivity index is 2.20. The highest BCUT2D eigenvalue weighted by molar-refractivity contribution is 9.10. The molecule has 3 rings (SSSR count). The second-order valence-electron chi connectivity index (χ2n) is 4.39. The molecule has 2 N–H and O–H groups in total. The van der Waals surface area contributed by atoms with Crippen molar-refractivity contribution in [3.63, 3.8) is 0 Å². The maximum Gasteiger partial charge on any atom is 0.169 e. The van der Waals surface area contributed by atoms with E-state index in [1.165, 1.54) is 0 Å². The van der Waals surface area contributed by atoms with Gasteiger partial charge in [-0.1, -0.05) is 15.9 Å². The highest BCUT2D eigenvalue weighted by atomic mass is 79.9. The van der Waals surface area contributed by atoms with Gasteiger partial charge in [0.2, 0.25) is 0 Å². The van der Waals surface area contributed by atoms with Crippen LogP contribution in [-0.2, 0) is 0 Å². The molecule has 2 aromatic rings. The Morgan fingerprint density at radius 3 is 2.88 bits per heavy atom. The van der Waals surface area contributed by atoms with Crippen LogP contribution in [0.4, 0.5) is 5.69 Å². The number of fused-ring (bicyclic) bond motifs is 1. The predicted molar refractivity (Wildman–Crippen MR) is 70.9 cm³/mol. The molecule has 0 atom stereocenters. The molecule has 3 nitrogen and oxygen atoms in total. The Hall–Kier alpha value is -1.42. The molecule has 0 aliphatic heterocycles. The van der Waals surface area contributed by atoms with Gasteiger partial charge in [-0.05, 0) is 31.0 Å². The van der Waals surface area contributed by atoms with Gasteiger partial charge in [0.25, 0.3) is 0 Å². The average Bonchev–Trinajstić information content (AvgIpc) is 3.13. The van der Waals surface area contributed by atoms with Gasteiger partial charge in [0.1, 0.15) is 0 Å². The third-order valence-electron chi connectivity index (χ3n) is 3.09. The number of pyridine rings is 1. The van der Waals surface area contributed by atoms with Gasteiger partial charge in [-0.3, -0.25) is 9.78 Å². The maximum atomic E-state index is 12.0. The van der Waals surface area contributed by atoms with E-state index in [0.717, 1.165) is 28.2 Å². The lowest BCUT2D eigenvalue weighted by atomic mass is 10.0. The SMILES string of the molecule is Nc1c(C(=O)C2CC2)cnc2ccc(Br)cc12. The van der Waals surface area contributed by atoms with E-state index in [0.29, 0.717) is 11.3 Å². The first-order valence-corrected chi connectivity index (χ1v) is 6.34. The fourth-order valence-electron chi connectivity index (χ4n) is 1.95. The van der Waals surface area contributed by atoms with E-state index in [2.05, 4.69) is 20.9 Å². The molecule has 4 heteroatoms. The van der Waals surface area contributed by atoms with Gasteiger partial charge < -0.3 is 5.73 Å². The van der Waals surface area contributed by atoms with Crippen molar-refractivity contribution in [1.29, 1.82) is 0 Å². The van der Waals surface area contributed by atoms with Crippen molar-refractivity contribution in [2.24, 2.45) is 5.92 Å². The molecule has 0 radical (unpaired) electrons. The minimum absolute atomic E-state index is 0.136. The number of rotatable bonds is 2. The number of anilines is 1. The molecule has 1 saturated carbocycles. The highest BCUT2D eigenvalue weighted by Crippen LogP contribution is 2.35. The first-order chi connectivity index (χ1) is 8.16. The topological polar surface area (TPSA) is 56.0 Å². The molecule has 17 heavy (non-hydrogen) atoms. The van der Waals surface area contributed by atoms with Gasteiger partial charge in [-0.15, -0.1) is 0 Å². The number of nitrogens with zero attached hydrogens (tertiary/aromatic N) is 1. The van der Waals surface area contributed by atoms with E-state index in [1.54, 1.807) is 6.20 Å². The first-order valence-electron chi connectivity index (χ1n) is 5.55. The Bertz CT molecular complexity index is 620. The number of nitrogens with two attached hydrogens (primary N) is 1. The molecule has 0 spiro atoms. The van der Waals surface area contributed by atoms with Gasteiger partial charge in [0, 0.05) is 22.0 Å². The number of aromatic nitrogens is 1. The predicted octanol–water partition coefficient (Wildman–Crippen LogP) is 3.17. The lowest BCUT2D eigenvalue weighted by molar-refractivity contribution is 0.0968. The number of carbonyl (C=O) groups is 1. The zero-order valence-electron chi connectivity index (χ0n) is 9.11. The third-order valence-corrected chi connectivity index (χ3v) is 3.58. The Labute approximate surface area is 107 Å². The van der Waals surface area contributed by atoms with E-state index in [1.807, 2.05) is 18.2 Å². The highest BCUT2D eigenvalue weighted by Gasteiger charge is 2.32. The molecule has 0 amide bonds. The summed E-state index contributed by atoms with van der Waals surface area (Å²) < 4.78 is 0.939. The van der Waals surface area contributed by atoms with Crippen LogP contribution in [0.3, 0.4) is 0 Å². The number of hydrogen-bond donors (Lipinski definition) is 1. The van der Waals surface area contributed by atoms with Crippen molar-refractivity contribution in [2.45, 2.75) is 12.8 Å². The van der Waals surface area contributed by atoms with Gasteiger partial charge in [-0.25, -0.2) is 0 Å². The number of nitrogen functional groups attached to an aromatic ring is 1. The Kier molecular flexibility index (Phi) is 2.40. The summed E-state index contributed by atoms with van der Waals surface area (Å²) in [6.07, 6.45) is 3.57. The molecule has 0 unspecified atom stereocenters. The summed E-state index contributed by atoms with van der Waals surface area (Å²) in [6.45, 7) is 0. The summed E-state index contributed by atoms with van der Waals surface area (Å²) in [5, 5.41) is 0.839. The summed E-state index contributed by atoms with van der Waals surface area (Å²) in [4.78, 5) is 16.3. The number of ketones is 1. The minimum atomic E-state index is 0.136. The number of hydrogen-bond acceptors (Lipinski definition) is 3. The summed E-state index contributed by atoms with van der Waals surface area (Å²) in [5.41, 5.74) is 8.01. The molecule has 1 fully saturated rings. The molecule has 86 valence electrons. The second-order valence-corrected chi connectivity index (χ2v) is 5.30. The lowest BCUT2D eigenvalue weighted by Gasteiger charge is -2.07. The summed E-state index contributed by atoms with van der Waals surface area (Å²) in [5.74, 6) is 0.306. The van der Waals surface area contributed by atoms with Gasteiger partial charge in [-0.2, -0.15) is 0 Å². The minimum Gasteiger partial charge on any atom is -0.398 e. The fraction of sp³-hybridized carbons (Fsp3) is 0.231. The number of benzene rings is 1. The van der Waals surface area contributed by atoms with Crippen molar-refractivity contribution >= 4 is 38.3 Å². The van der Waals surface area contributed by atoms with Crippen LogP contribution in [0.1, 0.15) is 23.2 Å². The molecular weight excluding hydrogens is 280 g/mol. The summed E-state index contributed by atoms with van der Waals surface area (Å²) >= 11 is 3.40. The molecule has 0 saturated heterocycles. The van der Waals surface area contributed by atoms with Crippen molar-refractivity contribution < 1.29 is 4.79 Å². The monoisotopic (exact) mass is 290 g/mol. The van der Waals surface area contributed by atoms with Crippen LogP contribution < -0.4 is 5.73 Å². The summed E-state index contributed by atoms with van der Waals surface area (Å²) in [6, 6.07) is 5.71. The van der Waals surface area contributed by atoms with Crippen LogP contribution in [0, 0.1) is 5.92 Å². The molecule has 1 aromatic heterocycles. The average molecular weight is 291 g/mol. The van der Waals surface area contributed by atoms with E-state index in [4.69, 9.17) is 5.73 Å². The van der Waals surface area contributed by atoms with Crippen LogP contribution in [0.15, 0.2) is 28.9 Å². The van der Waals surface area contributed by atoms with E-state index in [-0.39, 0.29) is 11.7 Å².